The van der Waals surface area contributed by atoms with E-state index in [1.165, 1.54) is 4.90 Å². The summed E-state index contributed by atoms with van der Waals surface area (Å²) >= 11 is 0. The van der Waals surface area contributed by atoms with Gasteiger partial charge in [0.1, 0.15) is 0 Å². The van der Waals surface area contributed by atoms with E-state index in [1.807, 2.05) is 0 Å². The molecule has 0 atom stereocenters. The summed E-state index contributed by atoms with van der Waals surface area (Å²) in [6.45, 7) is 0.731. The first-order valence-corrected chi connectivity index (χ1v) is 5.45. The molecule has 0 bridgehead atoms. The first kappa shape index (κ1) is 11.1. The summed E-state index contributed by atoms with van der Waals surface area (Å²) in [5.74, 6) is 0.489. The van der Waals surface area contributed by atoms with Crippen molar-refractivity contribution in [3.8, 4) is 0 Å². The second kappa shape index (κ2) is 4.21. The molecular weight excluding hydrogens is 206 g/mol. The molecule has 6 heteroatoms. The van der Waals surface area contributed by atoms with Crippen molar-refractivity contribution in [1.29, 1.82) is 0 Å². The van der Waals surface area contributed by atoms with Gasteiger partial charge in [0.2, 0.25) is 0 Å². The van der Waals surface area contributed by atoms with Crippen LogP contribution < -0.4 is 5.73 Å². The number of amides is 1. The summed E-state index contributed by atoms with van der Waals surface area (Å²) < 4.78 is 1.78. The van der Waals surface area contributed by atoms with Crippen LogP contribution in [0, 0.1) is 5.92 Å². The van der Waals surface area contributed by atoms with E-state index in [1.54, 1.807) is 25.0 Å². The van der Waals surface area contributed by atoms with Crippen LogP contribution >= 0.6 is 0 Å². The molecule has 1 amide bonds. The van der Waals surface area contributed by atoms with E-state index in [9.17, 15) is 4.79 Å². The predicted octanol–water partition coefficient (Wildman–Crippen LogP) is -0.110. The van der Waals surface area contributed by atoms with Gasteiger partial charge < -0.3 is 10.6 Å². The molecule has 0 spiro atoms. The Kier molecular flexibility index (Phi) is 2.91. The molecule has 1 aromatic rings. The van der Waals surface area contributed by atoms with Gasteiger partial charge in [-0.15, -0.1) is 5.10 Å². The molecule has 1 aliphatic rings. The Morgan fingerprint density at radius 2 is 2.31 bits per heavy atom. The third-order valence-corrected chi connectivity index (χ3v) is 3.05. The lowest BCUT2D eigenvalue weighted by Gasteiger charge is -2.33. The normalized spacial score (nSPS) is 23.9. The molecule has 0 saturated heterocycles. The van der Waals surface area contributed by atoms with Gasteiger partial charge >= 0.3 is 0 Å². The van der Waals surface area contributed by atoms with Gasteiger partial charge in [-0.25, -0.2) is 4.68 Å². The minimum atomic E-state index is -0.110. The molecule has 1 heterocycles. The van der Waals surface area contributed by atoms with Gasteiger partial charge in [-0.3, -0.25) is 4.79 Å². The molecule has 6 nitrogen and oxygen atoms in total. The summed E-state index contributed by atoms with van der Waals surface area (Å²) in [6, 6.07) is 0.366. The fourth-order valence-electron chi connectivity index (χ4n) is 1.89. The Labute approximate surface area is 94.4 Å². The molecule has 0 aliphatic heterocycles. The number of aromatic nitrogens is 3. The van der Waals surface area contributed by atoms with Gasteiger partial charge in [0, 0.05) is 14.1 Å². The van der Waals surface area contributed by atoms with E-state index in [0.29, 0.717) is 17.7 Å². The Morgan fingerprint density at radius 1 is 1.62 bits per heavy atom. The maximum atomic E-state index is 11.6. The topological polar surface area (TPSA) is 77.0 Å². The molecule has 1 aliphatic carbocycles. The fourth-order valence-corrected chi connectivity index (χ4v) is 1.89. The van der Waals surface area contributed by atoms with Gasteiger partial charge in [-0.2, -0.15) is 0 Å². The van der Waals surface area contributed by atoms with Gasteiger partial charge in [-0.1, -0.05) is 5.21 Å². The lowest BCUT2D eigenvalue weighted by Crippen LogP contribution is -2.32. The summed E-state index contributed by atoms with van der Waals surface area (Å²) in [5.41, 5.74) is 5.97. The molecule has 0 unspecified atom stereocenters. The number of carbonyl (C=O) groups excluding carboxylic acids is 1. The predicted molar refractivity (Wildman–Crippen MR) is 58.9 cm³/mol. The maximum Gasteiger partial charge on any atom is 0.275 e. The Hall–Kier alpha value is -1.43. The number of rotatable bonds is 3. The molecule has 16 heavy (non-hydrogen) atoms. The molecular formula is C10H17N5O. The zero-order valence-electron chi connectivity index (χ0n) is 9.63. The first-order valence-electron chi connectivity index (χ1n) is 5.45. The van der Waals surface area contributed by atoms with Crippen LogP contribution in [0.4, 0.5) is 0 Å². The quantitative estimate of drug-likeness (QED) is 0.775. The van der Waals surface area contributed by atoms with Crippen LogP contribution in [-0.4, -0.2) is 46.4 Å². The molecule has 0 aromatic carbocycles. The molecule has 1 saturated carbocycles. The van der Waals surface area contributed by atoms with E-state index < -0.39 is 0 Å². The monoisotopic (exact) mass is 223 g/mol. The van der Waals surface area contributed by atoms with E-state index in [0.717, 1.165) is 19.4 Å². The van der Waals surface area contributed by atoms with Crippen molar-refractivity contribution in [2.75, 3.05) is 20.6 Å². The lowest BCUT2D eigenvalue weighted by atomic mass is 9.80. The van der Waals surface area contributed by atoms with Crippen molar-refractivity contribution in [2.45, 2.75) is 18.9 Å². The highest BCUT2D eigenvalue weighted by atomic mass is 16.2. The highest BCUT2D eigenvalue weighted by molar-refractivity contribution is 5.91. The van der Waals surface area contributed by atoms with Crippen LogP contribution in [0.2, 0.25) is 0 Å². The van der Waals surface area contributed by atoms with Crippen molar-refractivity contribution < 1.29 is 4.79 Å². The Balaban J connectivity index is 2.01. The SMILES string of the molecule is CN(C)C(=O)c1cn(C2CC(CN)C2)nn1. The largest absolute Gasteiger partial charge is 0.343 e. The molecule has 1 aromatic heterocycles. The van der Waals surface area contributed by atoms with Gasteiger partial charge in [0.05, 0.1) is 12.2 Å². The van der Waals surface area contributed by atoms with E-state index in [2.05, 4.69) is 10.3 Å². The van der Waals surface area contributed by atoms with Crippen LogP contribution in [0.25, 0.3) is 0 Å². The number of nitrogens with zero attached hydrogens (tertiary/aromatic N) is 4. The van der Waals surface area contributed by atoms with Crippen molar-refractivity contribution in [2.24, 2.45) is 11.7 Å². The fraction of sp³-hybridized carbons (Fsp3) is 0.700. The second-order valence-electron chi connectivity index (χ2n) is 4.51. The average Bonchev–Trinajstić information content (AvgIpc) is 2.64. The third kappa shape index (κ3) is 1.92. The minimum Gasteiger partial charge on any atom is -0.343 e. The van der Waals surface area contributed by atoms with Crippen molar-refractivity contribution in [3.63, 3.8) is 0 Å². The van der Waals surface area contributed by atoms with E-state index in [-0.39, 0.29) is 5.91 Å². The van der Waals surface area contributed by atoms with Crippen LogP contribution in [0.5, 0.6) is 0 Å². The average molecular weight is 223 g/mol. The Bertz CT molecular complexity index is 380. The Morgan fingerprint density at radius 3 is 2.88 bits per heavy atom. The zero-order chi connectivity index (χ0) is 11.7. The zero-order valence-corrected chi connectivity index (χ0v) is 9.63. The highest BCUT2D eigenvalue weighted by Gasteiger charge is 2.30. The number of hydrogen-bond acceptors (Lipinski definition) is 4. The first-order chi connectivity index (χ1) is 7.61. The summed E-state index contributed by atoms with van der Waals surface area (Å²) in [6.07, 6.45) is 3.80. The smallest absolute Gasteiger partial charge is 0.275 e. The molecule has 2 N–H and O–H groups in total. The highest BCUT2D eigenvalue weighted by Crippen LogP contribution is 2.36. The molecule has 0 radical (unpaired) electrons. The lowest BCUT2D eigenvalue weighted by molar-refractivity contribution is 0.0822. The van der Waals surface area contributed by atoms with Crippen molar-refractivity contribution >= 4 is 5.91 Å². The van der Waals surface area contributed by atoms with Gasteiger partial charge in [-0.05, 0) is 25.3 Å². The van der Waals surface area contributed by atoms with E-state index >= 15 is 0 Å². The summed E-state index contributed by atoms with van der Waals surface area (Å²) in [7, 11) is 3.41. The molecule has 1 fully saturated rings. The number of carbonyl (C=O) groups is 1. The number of nitrogens with two attached hydrogens (primary N) is 1. The minimum absolute atomic E-state index is 0.110. The van der Waals surface area contributed by atoms with Crippen molar-refractivity contribution in [3.05, 3.63) is 11.9 Å². The van der Waals surface area contributed by atoms with Crippen LogP contribution in [-0.2, 0) is 0 Å². The summed E-state index contributed by atoms with van der Waals surface area (Å²) in [4.78, 5) is 13.1. The van der Waals surface area contributed by atoms with Crippen LogP contribution in [0.15, 0.2) is 6.20 Å². The van der Waals surface area contributed by atoms with Gasteiger partial charge in [0.15, 0.2) is 5.69 Å². The number of hydrogen-bond donors (Lipinski definition) is 1. The van der Waals surface area contributed by atoms with Crippen LogP contribution in [0.1, 0.15) is 29.4 Å². The molecule has 2 rings (SSSR count). The van der Waals surface area contributed by atoms with Crippen LogP contribution in [0.3, 0.4) is 0 Å². The third-order valence-electron chi connectivity index (χ3n) is 3.05. The van der Waals surface area contributed by atoms with E-state index in [4.69, 9.17) is 5.73 Å². The van der Waals surface area contributed by atoms with Gasteiger partial charge in [0.25, 0.3) is 5.91 Å². The molecule has 88 valence electrons. The second-order valence-corrected chi connectivity index (χ2v) is 4.51. The standard InChI is InChI=1S/C10H17N5O/c1-14(2)10(16)9-6-15(13-12-9)8-3-7(4-8)5-11/h6-8H,3-5,11H2,1-2H3. The van der Waals surface area contributed by atoms with Crippen molar-refractivity contribution in [1.82, 2.24) is 19.9 Å². The summed E-state index contributed by atoms with van der Waals surface area (Å²) in [5, 5.41) is 7.87. The maximum absolute atomic E-state index is 11.6.